The summed E-state index contributed by atoms with van der Waals surface area (Å²) in [5, 5.41) is 19.2. The Bertz CT molecular complexity index is 681. The van der Waals surface area contributed by atoms with Crippen molar-refractivity contribution in [3.8, 4) is 0 Å². The first-order valence-corrected chi connectivity index (χ1v) is 8.64. The number of carbonyl (C=O) groups is 2. The van der Waals surface area contributed by atoms with Gasteiger partial charge in [-0.3, -0.25) is 9.59 Å². The van der Waals surface area contributed by atoms with E-state index in [0.717, 1.165) is 29.5 Å². The molecule has 0 radical (unpaired) electrons. The van der Waals surface area contributed by atoms with Gasteiger partial charge in [0.2, 0.25) is 5.91 Å². The number of carboxylic acids is 1. The molecule has 1 aliphatic rings. The van der Waals surface area contributed by atoms with E-state index in [1.165, 1.54) is 5.56 Å². The summed E-state index contributed by atoms with van der Waals surface area (Å²) in [6, 6.07) is 8.17. The van der Waals surface area contributed by atoms with E-state index in [1.807, 2.05) is 19.1 Å². The molecule has 6 nitrogen and oxygen atoms in total. The summed E-state index contributed by atoms with van der Waals surface area (Å²) in [5.74, 6) is -0.740. The first kappa shape index (κ1) is 18.2. The molecule has 1 heterocycles. The molecule has 1 amide bonds. The fraction of sp³-hybridized carbons (Fsp3) is 0.412. The Morgan fingerprint density at radius 3 is 2.58 bits per heavy atom. The minimum absolute atomic E-state index is 0.227. The van der Waals surface area contributed by atoms with Gasteiger partial charge in [-0.05, 0) is 30.4 Å². The summed E-state index contributed by atoms with van der Waals surface area (Å²) in [6.07, 6.45) is 0.807. The van der Waals surface area contributed by atoms with Crippen LogP contribution in [0.3, 0.4) is 0 Å². The predicted octanol–water partition coefficient (Wildman–Crippen LogP) is 2.67. The average Bonchev–Trinajstić information content (AvgIpc) is 2.84. The van der Waals surface area contributed by atoms with Crippen molar-refractivity contribution in [2.75, 3.05) is 0 Å². The Kier molecular flexibility index (Phi) is 6.14. The number of nitrogens with one attached hydrogen (secondary N) is 1. The molecule has 1 aromatic carbocycles. The van der Waals surface area contributed by atoms with Crippen LogP contribution in [0.5, 0.6) is 0 Å². The van der Waals surface area contributed by atoms with Gasteiger partial charge in [0.15, 0.2) is 5.17 Å². The number of nitrogens with zero attached hydrogens (tertiary/aromatic N) is 2. The van der Waals surface area contributed by atoms with Crippen LogP contribution in [0.1, 0.15) is 38.3 Å². The lowest BCUT2D eigenvalue weighted by Gasteiger charge is -2.06. The Labute approximate surface area is 145 Å². The molecule has 128 valence electrons. The topological polar surface area (TPSA) is 91.1 Å². The second kappa shape index (κ2) is 8.10. The maximum atomic E-state index is 11.6. The minimum atomic E-state index is -1.01. The minimum Gasteiger partial charge on any atom is -0.481 e. The third-order valence-electron chi connectivity index (χ3n) is 3.44. The second-order valence-electron chi connectivity index (χ2n) is 6.08. The number of thioether (sulfide) groups is 1. The molecular weight excluding hydrogens is 326 g/mol. The van der Waals surface area contributed by atoms with Crippen LogP contribution in [0.25, 0.3) is 0 Å². The summed E-state index contributed by atoms with van der Waals surface area (Å²) in [5.41, 5.74) is 2.97. The molecule has 1 aromatic rings. The molecule has 24 heavy (non-hydrogen) atoms. The Balaban J connectivity index is 2.03. The van der Waals surface area contributed by atoms with Crippen LogP contribution in [0.2, 0.25) is 0 Å². The summed E-state index contributed by atoms with van der Waals surface area (Å²) >= 11 is 1.09. The van der Waals surface area contributed by atoms with Gasteiger partial charge in [0.25, 0.3) is 0 Å². The van der Waals surface area contributed by atoms with Gasteiger partial charge in [-0.15, -0.1) is 5.10 Å². The van der Waals surface area contributed by atoms with Gasteiger partial charge in [-0.25, -0.2) is 0 Å². The summed E-state index contributed by atoms with van der Waals surface area (Å²) < 4.78 is 0. The lowest BCUT2D eigenvalue weighted by molar-refractivity contribution is -0.138. The van der Waals surface area contributed by atoms with Crippen molar-refractivity contribution < 1.29 is 14.7 Å². The highest BCUT2D eigenvalue weighted by molar-refractivity contribution is 8.15. The van der Waals surface area contributed by atoms with Gasteiger partial charge in [0.1, 0.15) is 5.25 Å². The maximum absolute atomic E-state index is 11.6. The normalized spacial score (nSPS) is 19.8. The molecular formula is C17H21N3O3S. The van der Waals surface area contributed by atoms with Gasteiger partial charge in [0.05, 0.1) is 12.1 Å². The lowest BCUT2D eigenvalue weighted by Crippen LogP contribution is -2.26. The first-order valence-electron chi connectivity index (χ1n) is 7.76. The molecule has 1 atom stereocenters. The number of amidine groups is 1. The van der Waals surface area contributed by atoms with E-state index in [-0.39, 0.29) is 12.3 Å². The number of hydrogen-bond donors (Lipinski definition) is 2. The van der Waals surface area contributed by atoms with E-state index in [9.17, 15) is 9.59 Å². The maximum Gasteiger partial charge on any atom is 0.305 e. The molecule has 1 saturated heterocycles. The van der Waals surface area contributed by atoms with Crippen LogP contribution in [0.4, 0.5) is 0 Å². The molecule has 2 rings (SSSR count). The Hall–Kier alpha value is -2.15. The van der Waals surface area contributed by atoms with E-state index < -0.39 is 11.2 Å². The monoisotopic (exact) mass is 347 g/mol. The van der Waals surface area contributed by atoms with Gasteiger partial charge >= 0.3 is 5.97 Å². The largest absolute Gasteiger partial charge is 0.481 e. The Morgan fingerprint density at radius 1 is 1.33 bits per heavy atom. The molecule has 1 fully saturated rings. The number of carbonyl (C=O) groups excluding carboxylic acids is 1. The van der Waals surface area contributed by atoms with Crippen LogP contribution >= 0.6 is 11.8 Å². The Morgan fingerprint density at radius 2 is 2.00 bits per heavy atom. The van der Waals surface area contributed by atoms with E-state index in [0.29, 0.717) is 11.1 Å². The SMILES string of the molecule is C/C(=N/N=C1/NC(=O)[C@H](CC(=O)O)S1)c1ccc(CC(C)C)cc1. The van der Waals surface area contributed by atoms with Gasteiger partial charge in [0, 0.05) is 0 Å². The van der Waals surface area contributed by atoms with E-state index in [4.69, 9.17) is 5.11 Å². The van der Waals surface area contributed by atoms with Gasteiger partial charge in [-0.2, -0.15) is 5.10 Å². The second-order valence-corrected chi connectivity index (χ2v) is 7.27. The number of aliphatic carboxylic acids is 1. The average molecular weight is 347 g/mol. The van der Waals surface area contributed by atoms with Crippen LogP contribution < -0.4 is 5.32 Å². The third kappa shape index (κ3) is 5.19. The fourth-order valence-corrected chi connectivity index (χ4v) is 3.19. The van der Waals surface area contributed by atoms with Crippen molar-refractivity contribution in [3.63, 3.8) is 0 Å². The van der Waals surface area contributed by atoms with E-state index in [2.05, 4.69) is 41.5 Å². The third-order valence-corrected chi connectivity index (χ3v) is 4.52. The highest BCUT2D eigenvalue weighted by Gasteiger charge is 2.32. The van der Waals surface area contributed by atoms with Crippen molar-refractivity contribution >= 4 is 34.5 Å². The molecule has 0 bridgehead atoms. The van der Waals surface area contributed by atoms with Crippen LogP contribution in [-0.4, -0.2) is 33.1 Å². The molecule has 2 N–H and O–H groups in total. The van der Waals surface area contributed by atoms with Crippen LogP contribution in [0.15, 0.2) is 34.5 Å². The summed E-state index contributed by atoms with van der Waals surface area (Å²) in [7, 11) is 0. The highest BCUT2D eigenvalue weighted by Crippen LogP contribution is 2.22. The molecule has 7 heteroatoms. The number of carboxylic acid groups (broad SMARTS) is 1. The number of rotatable bonds is 6. The molecule has 0 unspecified atom stereocenters. The highest BCUT2D eigenvalue weighted by atomic mass is 32.2. The van der Waals surface area contributed by atoms with Gasteiger partial charge < -0.3 is 10.4 Å². The van der Waals surface area contributed by atoms with Crippen LogP contribution in [0, 0.1) is 5.92 Å². The molecule has 0 aliphatic carbocycles. The zero-order valence-corrected chi connectivity index (χ0v) is 14.8. The van der Waals surface area contributed by atoms with Gasteiger partial charge in [-0.1, -0.05) is 49.9 Å². The van der Waals surface area contributed by atoms with Crippen molar-refractivity contribution in [1.82, 2.24) is 5.32 Å². The molecule has 0 saturated carbocycles. The number of hydrogen-bond acceptors (Lipinski definition) is 5. The smallest absolute Gasteiger partial charge is 0.305 e. The molecule has 1 aliphatic heterocycles. The summed E-state index contributed by atoms with van der Waals surface area (Å²) in [4.78, 5) is 22.3. The van der Waals surface area contributed by atoms with E-state index >= 15 is 0 Å². The van der Waals surface area contributed by atoms with E-state index in [1.54, 1.807) is 0 Å². The predicted molar refractivity (Wildman–Crippen MR) is 96.4 cm³/mol. The number of amides is 1. The first-order chi connectivity index (χ1) is 11.3. The van der Waals surface area contributed by atoms with Crippen molar-refractivity contribution in [1.29, 1.82) is 0 Å². The molecule has 0 spiro atoms. The van der Waals surface area contributed by atoms with Crippen molar-refractivity contribution in [2.45, 2.75) is 38.9 Å². The molecule has 0 aromatic heterocycles. The van der Waals surface area contributed by atoms with Crippen LogP contribution in [-0.2, 0) is 16.0 Å². The zero-order valence-electron chi connectivity index (χ0n) is 13.9. The van der Waals surface area contributed by atoms with Crippen molar-refractivity contribution in [3.05, 3.63) is 35.4 Å². The fourth-order valence-electron chi connectivity index (χ4n) is 2.28. The quantitative estimate of drug-likeness (QED) is 0.611. The summed E-state index contributed by atoms with van der Waals surface area (Å²) in [6.45, 7) is 6.21. The van der Waals surface area contributed by atoms with Crippen molar-refractivity contribution in [2.24, 2.45) is 16.1 Å². The zero-order chi connectivity index (χ0) is 17.7. The standard InChI is InChI=1S/C17H21N3O3S/c1-10(2)8-12-4-6-13(7-5-12)11(3)19-20-17-18-16(23)14(24-17)9-15(21)22/h4-7,10,14H,8-9H2,1-3H3,(H,21,22)(H,18,20,23)/b19-11-/t14-/m0/s1. The lowest BCUT2D eigenvalue weighted by atomic mass is 10.0. The number of benzene rings is 1.